The van der Waals surface area contributed by atoms with Gasteiger partial charge in [-0.1, -0.05) is 317 Å². The second kappa shape index (κ2) is 47.8. The maximum atomic E-state index is 5.37. The third-order valence-corrected chi connectivity index (χ3v) is 21.7. The average Bonchev–Trinajstić information content (AvgIpc) is 1.68. The zero-order valence-electron chi connectivity index (χ0n) is 80.8. The van der Waals surface area contributed by atoms with E-state index >= 15 is 0 Å². The van der Waals surface area contributed by atoms with Crippen LogP contribution in [0.15, 0.2) is 177 Å². The molecule has 0 aromatic carbocycles. The van der Waals surface area contributed by atoms with Gasteiger partial charge in [-0.05, 0) is 145 Å². The van der Waals surface area contributed by atoms with Crippen LogP contribution in [0, 0.1) is 23.2 Å². The van der Waals surface area contributed by atoms with Crippen molar-refractivity contribution < 1.29 is 17.9 Å². The van der Waals surface area contributed by atoms with Gasteiger partial charge in [-0.3, -0.25) is 9.98 Å². The number of allylic oxidation sites excluding steroid dienone is 3. The molecule has 664 valence electrons. The lowest BCUT2D eigenvalue weighted by Crippen LogP contribution is -2.16. The number of imidazole rings is 1. The van der Waals surface area contributed by atoms with E-state index in [9.17, 15) is 0 Å². The van der Waals surface area contributed by atoms with Gasteiger partial charge in [-0.2, -0.15) is 8.75 Å². The number of nitrogens with zero attached hydrogens (tertiary/aromatic N) is 12. The molecule has 9 aromatic heterocycles. The fraction of sp³-hybridized carbons (Fsp3) is 0.461. The number of hydrogen-bond donors (Lipinski definition) is 0. The first kappa shape index (κ1) is 110. The highest BCUT2D eigenvalue weighted by atomic mass is 32.1. The zero-order chi connectivity index (χ0) is 94.2. The van der Waals surface area contributed by atoms with Crippen LogP contribution in [-0.2, 0) is 55.8 Å². The standard InChI is InChI=1S/C10H16N2.C10H15N.C10H13N.4C9H13NO.4C9H13NS/c1-6-9-11-7-8(12(9)5)10(2,3)4;1-5-9-6-8(7-11-9)10(2,3)4;1-5-9-8(6-7-11-9)10(2,3)4;1-5-8-10-7(6-11-8)9(2,3)4;1-5-8-10-6-7(11-8)9(2,3)4;1-5-8-7(6-11-10-8)9(2,3)4;1-5-7-6-8(11-10-7)9(2,3)4;1-5-8-10-7(6-11-8)9(2,3)4;1-5-8-10-6-7(11-8)9(2,3)4;1-5-8-7(6-11-10-8)9(2,3)4;1-5-7-6-8(11-10-7)9(2,3)4/h6-7H,1H2,2-5H3;5-6H,1,7H2,2-4H3;1,6H,7H2,2-4H3;8*5-6H,1H2,2-4H3. The molecule has 0 N–H and O–H groups in total. The van der Waals surface area contributed by atoms with E-state index in [-0.39, 0.29) is 59.6 Å². The molecule has 0 amide bonds. The smallest absolute Gasteiger partial charge is 0.218 e. The van der Waals surface area contributed by atoms with E-state index in [0.717, 1.165) is 91.6 Å². The molecule has 0 saturated carbocycles. The summed E-state index contributed by atoms with van der Waals surface area (Å²) in [5.41, 5.74) is 15.4. The molecule has 0 atom stereocenters. The molecule has 0 fully saturated rings. The van der Waals surface area contributed by atoms with Gasteiger partial charge in [0.2, 0.25) is 11.8 Å². The van der Waals surface area contributed by atoms with Gasteiger partial charge in [0.25, 0.3) is 0 Å². The molecule has 0 unspecified atom stereocenters. The Hall–Kier alpha value is -9.65. The predicted molar refractivity (Wildman–Crippen MR) is 536 cm³/mol. The van der Waals surface area contributed by atoms with Crippen LogP contribution in [0.2, 0.25) is 0 Å². The van der Waals surface area contributed by atoms with Crippen LogP contribution in [0.25, 0.3) is 54.7 Å². The molecular formula is C102H148N12O4S4. The molecule has 11 heterocycles. The summed E-state index contributed by atoms with van der Waals surface area (Å²) in [7, 11) is 2.02. The van der Waals surface area contributed by atoms with Crippen LogP contribution in [0.4, 0.5) is 0 Å². The lowest BCUT2D eigenvalue weighted by Gasteiger charge is -2.19. The summed E-state index contributed by atoms with van der Waals surface area (Å²) < 4.78 is 30.9. The molecule has 0 saturated heterocycles. The molecule has 0 aliphatic carbocycles. The normalized spacial score (nSPS) is 12.6. The maximum Gasteiger partial charge on any atom is 0.218 e. The van der Waals surface area contributed by atoms with Gasteiger partial charge in [0.05, 0.1) is 47.8 Å². The van der Waals surface area contributed by atoms with Crippen molar-refractivity contribution in [1.82, 2.24) is 48.5 Å². The van der Waals surface area contributed by atoms with E-state index < -0.39 is 0 Å². The lowest BCUT2D eigenvalue weighted by molar-refractivity contribution is 0.328. The highest BCUT2D eigenvalue weighted by molar-refractivity contribution is 7.12. The first-order chi connectivity index (χ1) is 55.9. The summed E-state index contributed by atoms with van der Waals surface area (Å²) in [5, 5.41) is 13.8. The van der Waals surface area contributed by atoms with Crippen molar-refractivity contribution in [3.8, 4) is 12.3 Å². The van der Waals surface area contributed by atoms with E-state index in [0.29, 0.717) is 11.8 Å². The maximum absolute atomic E-state index is 5.37. The van der Waals surface area contributed by atoms with Crippen molar-refractivity contribution in [2.45, 2.75) is 277 Å². The number of aliphatic imine (C=N–C) groups is 2. The highest BCUT2D eigenvalue weighted by Gasteiger charge is 2.27. The Morgan fingerprint density at radius 2 is 1.02 bits per heavy atom. The Kier molecular flexibility index (Phi) is 43.3. The first-order valence-corrected chi connectivity index (χ1v) is 44.1. The summed E-state index contributed by atoms with van der Waals surface area (Å²) >= 11 is 6.41. The molecule has 2 aliphatic heterocycles. The molecule has 0 spiro atoms. The van der Waals surface area contributed by atoms with Crippen LogP contribution < -0.4 is 0 Å². The van der Waals surface area contributed by atoms with Gasteiger partial charge in [-0.25, -0.2) is 24.9 Å². The molecule has 0 bridgehead atoms. The Labute approximate surface area is 752 Å². The fourth-order valence-corrected chi connectivity index (χ4v) is 13.2. The molecule has 2 aliphatic rings. The summed E-state index contributed by atoms with van der Waals surface area (Å²) in [5.74, 6) is 6.51. The molecule has 16 nitrogen and oxygen atoms in total. The third kappa shape index (κ3) is 38.8. The number of oxazole rings is 2. The van der Waals surface area contributed by atoms with E-state index in [1.54, 1.807) is 108 Å². The van der Waals surface area contributed by atoms with Crippen LogP contribution >= 0.6 is 45.7 Å². The Balaban J connectivity index is 0.000000671. The minimum Gasteiger partial charge on any atom is -0.445 e. The van der Waals surface area contributed by atoms with E-state index in [2.05, 4.69) is 388 Å². The molecule has 11 rings (SSSR count). The number of thiazole rings is 2. The average molecular weight is 1730 g/mol. The Morgan fingerprint density at radius 1 is 0.459 bits per heavy atom. The van der Waals surface area contributed by atoms with Gasteiger partial charge >= 0.3 is 0 Å². The summed E-state index contributed by atoms with van der Waals surface area (Å²) in [6.45, 7) is 109. The second-order valence-electron chi connectivity index (χ2n) is 39.9. The predicted octanol–water partition coefficient (Wildman–Crippen LogP) is 29.8. The zero-order valence-corrected chi connectivity index (χ0v) is 84.1. The third-order valence-electron chi connectivity index (χ3n) is 17.6. The SMILES string of the molecule is C#CC1=NCC=C1C(C)(C)C.C=CC1=NCC(C(C)(C)C)=C1.C=Cc1cc(C(C)(C)C)on1.C=Cc1cc(C(C)(C)C)sn1.C=Cc1nc(C(C)(C)C)co1.C=Cc1nc(C(C)(C)C)cs1.C=Cc1ncc(C(C)(C)C)n1C.C=Cc1ncc(C(C)(C)C)o1.C=Cc1ncc(C(C)(C)C)s1.C=Cc1nocc1C(C)(C)C.C=Cc1nscc1C(C)(C)C. The van der Waals surface area contributed by atoms with Crippen LogP contribution in [-0.4, -0.2) is 73.1 Å². The van der Waals surface area contributed by atoms with E-state index in [1.807, 2.05) is 31.6 Å². The second-order valence-corrected chi connectivity index (χ2v) is 43.3. The Morgan fingerprint density at radius 3 is 1.32 bits per heavy atom. The first-order valence-electron chi connectivity index (χ1n) is 40.8. The molecule has 9 aromatic rings. The quantitative estimate of drug-likeness (QED) is 0.117. The number of aromatic nitrogens is 10. The lowest BCUT2D eigenvalue weighted by atomic mass is 9.84. The van der Waals surface area contributed by atoms with Crippen LogP contribution in [0.5, 0.6) is 0 Å². The van der Waals surface area contributed by atoms with Crippen LogP contribution in [0.1, 0.15) is 328 Å². The van der Waals surface area contributed by atoms with Gasteiger partial charge in [0, 0.05) is 84.4 Å². The number of rotatable bonds is 10. The molecular weight excluding hydrogens is 1590 g/mol. The van der Waals surface area contributed by atoms with Gasteiger partial charge in [0.1, 0.15) is 57.0 Å². The van der Waals surface area contributed by atoms with Crippen molar-refractivity contribution >= 4 is 112 Å². The minimum absolute atomic E-state index is 0.0360. The summed E-state index contributed by atoms with van der Waals surface area (Å²) in [4.78, 5) is 32.2. The van der Waals surface area contributed by atoms with Gasteiger partial charge in [-0.15, -0.1) is 29.1 Å². The largest absolute Gasteiger partial charge is 0.445 e. The van der Waals surface area contributed by atoms with E-state index in [4.69, 9.17) is 24.3 Å². The van der Waals surface area contributed by atoms with Crippen molar-refractivity contribution in [1.29, 1.82) is 0 Å². The topological polar surface area (TPSA) is 198 Å². The minimum atomic E-state index is 0.0360. The van der Waals surface area contributed by atoms with Gasteiger partial charge in [0.15, 0.2) is 0 Å². The van der Waals surface area contributed by atoms with Crippen molar-refractivity contribution in [3.05, 3.63) is 249 Å². The summed E-state index contributed by atoms with van der Waals surface area (Å²) in [6, 6.07) is 4.00. The van der Waals surface area contributed by atoms with Gasteiger partial charge < -0.3 is 22.4 Å². The summed E-state index contributed by atoms with van der Waals surface area (Å²) in [6.07, 6.45) is 35.9. The highest BCUT2D eigenvalue weighted by Crippen LogP contribution is 2.34. The van der Waals surface area contributed by atoms with E-state index in [1.165, 1.54) is 43.7 Å². The number of terminal acetylenes is 1. The van der Waals surface area contributed by atoms with Crippen molar-refractivity contribution in [2.24, 2.45) is 27.9 Å². The number of hydrogen-bond acceptors (Lipinski definition) is 19. The molecule has 20 heteroatoms. The van der Waals surface area contributed by atoms with Crippen molar-refractivity contribution in [3.63, 3.8) is 0 Å². The molecule has 0 radical (unpaired) electrons. The van der Waals surface area contributed by atoms with Crippen molar-refractivity contribution in [2.75, 3.05) is 13.1 Å². The molecule has 122 heavy (non-hydrogen) atoms. The van der Waals surface area contributed by atoms with Crippen LogP contribution in [0.3, 0.4) is 0 Å². The fourth-order valence-electron chi connectivity index (χ4n) is 9.82. The monoisotopic (exact) mass is 1730 g/mol. The Bertz CT molecular complexity index is 4480.